The van der Waals surface area contributed by atoms with Gasteiger partial charge in [0.25, 0.3) is 10.0 Å². The smallest absolute Gasteiger partial charge is 0.259 e. The molecule has 0 aliphatic rings. The zero-order valence-electron chi connectivity index (χ0n) is 9.81. The highest BCUT2D eigenvalue weighted by Crippen LogP contribution is 2.06. The molecule has 8 heteroatoms. The minimum absolute atomic E-state index is 0.0230. The largest absolute Gasteiger partial charge is 0.379 e. The van der Waals surface area contributed by atoms with Gasteiger partial charge in [-0.25, -0.2) is 18.1 Å². The van der Waals surface area contributed by atoms with Gasteiger partial charge in [-0.3, -0.25) is 0 Å². The Bertz CT molecular complexity index is 439. The Morgan fingerprint density at radius 3 is 2.76 bits per heavy atom. The first-order valence-electron chi connectivity index (χ1n) is 5.10. The number of ether oxygens (including phenoxy) is 1. The molecule has 0 atom stereocenters. The highest BCUT2D eigenvalue weighted by molar-refractivity contribution is 7.89. The molecule has 0 saturated carbocycles. The van der Waals surface area contributed by atoms with Crippen LogP contribution >= 0.6 is 11.6 Å². The summed E-state index contributed by atoms with van der Waals surface area (Å²) < 4.78 is 32.6. The second kappa shape index (κ2) is 6.34. The normalized spacial score (nSPS) is 11.9. The minimum atomic E-state index is -3.54. The molecule has 1 N–H and O–H groups in total. The quantitative estimate of drug-likeness (QED) is 0.575. The van der Waals surface area contributed by atoms with E-state index in [9.17, 15) is 8.42 Å². The first kappa shape index (κ1) is 14.4. The van der Waals surface area contributed by atoms with Crippen molar-refractivity contribution in [1.29, 1.82) is 0 Å². The van der Waals surface area contributed by atoms with Gasteiger partial charge in [0, 0.05) is 25.7 Å². The van der Waals surface area contributed by atoms with Crippen LogP contribution in [0.1, 0.15) is 5.82 Å². The third kappa shape index (κ3) is 4.27. The van der Waals surface area contributed by atoms with E-state index >= 15 is 0 Å². The molecule has 0 radical (unpaired) electrons. The summed E-state index contributed by atoms with van der Waals surface area (Å²) in [6, 6.07) is 0. The van der Waals surface area contributed by atoms with E-state index in [1.165, 1.54) is 6.20 Å². The number of halogens is 1. The van der Waals surface area contributed by atoms with Crippen LogP contribution in [0.5, 0.6) is 0 Å². The summed E-state index contributed by atoms with van der Waals surface area (Å²) in [7, 11) is -1.80. The molecule has 98 valence electrons. The molecule has 0 saturated heterocycles. The van der Waals surface area contributed by atoms with Gasteiger partial charge in [-0.1, -0.05) is 0 Å². The van der Waals surface area contributed by atoms with Gasteiger partial charge in [0.15, 0.2) is 5.03 Å². The van der Waals surface area contributed by atoms with Crippen molar-refractivity contribution in [2.45, 2.75) is 11.9 Å². The molecule has 6 nitrogen and oxygen atoms in total. The van der Waals surface area contributed by atoms with Crippen molar-refractivity contribution < 1.29 is 13.2 Å². The second-order valence-corrected chi connectivity index (χ2v) is 5.53. The zero-order valence-corrected chi connectivity index (χ0v) is 11.4. The monoisotopic (exact) mass is 281 g/mol. The SMILES string of the molecule is Cc1nc(S(=O)(=O)NCCOCCCl)cn1C. The fourth-order valence-electron chi connectivity index (χ4n) is 1.13. The van der Waals surface area contributed by atoms with Crippen molar-refractivity contribution in [3.63, 3.8) is 0 Å². The number of hydrogen-bond donors (Lipinski definition) is 1. The number of sulfonamides is 1. The Morgan fingerprint density at radius 1 is 1.53 bits per heavy atom. The van der Waals surface area contributed by atoms with Gasteiger partial charge in [-0.15, -0.1) is 11.6 Å². The number of nitrogens with zero attached hydrogens (tertiary/aromatic N) is 2. The summed E-state index contributed by atoms with van der Waals surface area (Å²) in [5, 5.41) is 0.0230. The fourth-order valence-corrected chi connectivity index (χ4v) is 2.29. The lowest BCUT2D eigenvalue weighted by Gasteiger charge is -2.04. The Kier molecular flexibility index (Phi) is 5.38. The molecule has 1 rings (SSSR count). The molecule has 0 amide bonds. The predicted octanol–water partition coefficient (Wildman–Crippen LogP) is 0.262. The average Bonchev–Trinajstić information content (AvgIpc) is 2.60. The van der Waals surface area contributed by atoms with Gasteiger partial charge in [-0.05, 0) is 6.92 Å². The Labute approximate surface area is 106 Å². The summed E-state index contributed by atoms with van der Waals surface area (Å²) in [5.41, 5.74) is 0. The minimum Gasteiger partial charge on any atom is -0.379 e. The molecular formula is C9H16ClN3O3S. The van der Waals surface area contributed by atoms with Crippen molar-refractivity contribution in [3.8, 4) is 0 Å². The lowest BCUT2D eigenvalue weighted by atomic mass is 10.7. The van der Waals surface area contributed by atoms with Crippen LogP contribution in [-0.2, 0) is 21.8 Å². The summed E-state index contributed by atoms with van der Waals surface area (Å²) >= 11 is 5.41. The molecular weight excluding hydrogens is 266 g/mol. The van der Waals surface area contributed by atoms with Gasteiger partial charge >= 0.3 is 0 Å². The standard InChI is InChI=1S/C9H16ClN3O3S/c1-8-12-9(7-13(8)2)17(14,15)11-4-6-16-5-3-10/h7,11H,3-6H2,1-2H3. The van der Waals surface area contributed by atoms with Crippen molar-refractivity contribution in [2.75, 3.05) is 25.6 Å². The van der Waals surface area contributed by atoms with Gasteiger partial charge in [0.2, 0.25) is 0 Å². The van der Waals surface area contributed by atoms with Crippen LogP contribution in [0.25, 0.3) is 0 Å². The molecule has 1 heterocycles. The van der Waals surface area contributed by atoms with Gasteiger partial charge < -0.3 is 9.30 Å². The third-order valence-corrected chi connectivity index (χ3v) is 3.61. The highest BCUT2D eigenvalue weighted by Gasteiger charge is 2.17. The van der Waals surface area contributed by atoms with Gasteiger partial charge in [0.1, 0.15) is 5.82 Å². The number of hydrogen-bond acceptors (Lipinski definition) is 4. The molecule has 0 aromatic carbocycles. The van der Waals surface area contributed by atoms with Crippen molar-refractivity contribution >= 4 is 21.6 Å². The summed E-state index contributed by atoms with van der Waals surface area (Å²) in [5.74, 6) is 1.04. The maximum Gasteiger partial charge on any atom is 0.259 e. The van der Waals surface area contributed by atoms with Crippen LogP contribution in [-0.4, -0.2) is 43.6 Å². The average molecular weight is 282 g/mol. The van der Waals surface area contributed by atoms with Crippen LogP contribution in [0.4, 0.5) is 0 Å². The lowest BCUT2D eigenvalue weighted by molar-refractivity contribution is 0.155. The van der Waals surface area contributed by atoms with Crippen LogP contribution in [0, 0.1) is 6.92 Å². The number of rotatable bonds is 7. The number of nitrogens with one attached hydrogen (secondary N) is 1. The van der Waals surface area contributed by atoms with E-state index < -0.39 is 10.0 Å². The van der Waals surface area contributed by atoms with Crippen molar-refractivity contribution in [3.05, 3.63) is 12.0 Å². The Morgan fingerprint density at radius 2 is 2.24 bits per heavy atom. The Balaban J connectivity index is 2.51. The molecule has 0 bridgehead atoms. The summed E-state index contributed by atoms with van der Waals surface area (Å²) in [6.07, 6.45) is 1.47. The maximum atomic E-state index is 11.8. The molecule has 0 aliphatic carbocycles. The number of alkyl halides is 1. The molecule has 0 aliphatic heterocycles. The van der Waals surface area contributed by atoms with Crippen LogP contribution in [0.2, 0.25) is 0 Å². The zero-order chi connectivity index (χ0) is 12.9. The summed E-state index contributed by atoms with van der Waals surface area (Å²) in [4.78, 5) is 3.95. The molecule has 0 fully saturated rings. The number of aromatic nitrogens is 2. The lowest BCUT2D eigenvalue weighted by Crippen LogP contribution is -2.28. The maximum absolute atomic E-state index is 11.8. The Hall–Kier alpha value is -0.630. The predicted molar refractivity (Wildman–Crippen MR) is 64.7 cm³/mol. The number of aryl methyl sites for hydroxylation is 2. The first-order valence-corrected chi connectivity index (χ1v) is 7.12. The van der Waals surface area contributed by atoms with E-state index in [0.29, 0.717) is 18.3 Å². The van der Waals surface area contributed by atoms with E-state index in [1.807, 2.05) is 0 Å². The molecule has 0 unspecified atom stereocenters. The molecule has 1 aromatic heterocycles. The van der Waals surface area contributed by atoms with E-state index in [4.69, 9.17) is 16.3 Å². The number of imidazole rings is 1. The molecule has 17 heavy (non-hydrogen) atoms. The van der Waals surface area contributed by atoms with E-state index in [0.717, 1.165) is 0 Å². The highest BCUT2D eigenvalue weighted by atomic mass is 35.5. The van der Waals surface area contributed by atoms with Crippen LogP contribution in [0.15, 0.2) is 11.2 Å². The first-order chi connectivity index (χ1) is 7.97. The van der Waals surface area contributed by atoms with Crippen LogP contribution in [0.3, 0.4) is 0 Å². The van der Waals surface area contributed by atoms with Crippen LogP contribution < -0.4 is 4.72 Å². The van der Waals surface area contributed by atoms with Gasteiger partial charge in [0.05, 0.1) is 13.2 Å². The fraction of sp³-hybridized carbons (Fsp3) is 0.667. The third-order valence-electron chi connectivity index (χ3n) is 2.12. The van der Waals surface area contributed by atoms with Crippen molar-refractivity contribution in [1.82, 2.24) is 14.3 Å². The topological polar surface area (TPSA) is 73.2 Å². The van der Waals surface area contributed by atoms with E-state index in [2.05, 4.69) is 9.71 Å². The van der Waals surface area contributed by atoms with E-state index in [1.54, 1.807) is 18.5 Å². The summed E-state index contributed by atoms with van der Waals surface area (Å²) in [6.45, 7) is 2.64. The molecule has 0 spiro atoms. The molecule has 1 aromatic rings. The second-order valence-electron chi connectivity index (χ2n) is 3.44. The van der Waals surface area contributed by atoms with E-state index in [-0.39, 0.29) is 18.2 Å². The van der Waals surface area contributed by atoms with Crippen molar-refractivity contribution in [2.24, 2.45) is 7.05 Å². The van der Waals surface area contributed by atoms with Gasteiger partial charge in [-0.2, -0.15) is 0 Å².